The second-order valence-electron chi connectivity index (χ2n) is 8.83. The molecule has 0 fully saturated rings. The number of hydrogen-bond donors (Lipinski definition) is 2. The Morgan fingerprint density at radius 1 is 1.18 bits per heavy atom. The number of benzene rings is 1. The van der Waals surface area contributed by atoms with Crippen LogP contribution in [0.4, 0.5) is 5.69 Å². The van der Waals surface area contributed by atoms with Gasteiger partial charge in [0.25, 0.3) is 5.91 Å². The molecular formula is C26H24N6O2. The van der Waals surface area contributed by atoms with E-state index in [4.69, 9.17) is 11.3 Å². The average Bonchev–Trinajstić information content (AvgIpc) is 3.25. The molecule has 0 saturated heterocycles. The Bertz CT molecular complexity index is 1430. The molecule has 1 amide bonds. The predicted molar refractivity (Wildman–Crippen MR) is 132 cm³/mol. The third kappa shape index (κ3) is 4.94. The van der Waals surface area contributed by atoms with Gasteiger partial charge in [-0.25, -0.2) is 19.8 Å². The quantitative estimate of drug-likeness (QED) is 0.309. The van der Waals surface area contributed by atoms with Crippen molar-refractivity contribution >= 4 is 22.6 Å². The van der Waals surface area contributed by atoms with Crippen LogP contribution >= 0.6 is 0 Å². The van der Waals surface area contributed by atoms with Crippen molar-refractivity contribution in [1.82, 2.24) is 19.9 Å². The van der Waals surface area contributed by atoms with Gasteiger partial charge in [-0.2, -0.15) is 0 Å². The highest BCUT2D eigenvalue weighted by molar-refractivity contribution is 6.05. The molecule has 0 radical (unpaired) electrons. The number of anilines is 1. The molecule has 8 nitrogen and oxygen atoms in total. The molecule has 34 heavy (non-hydrogen) atoms. The molecule has 0 atom stereocenters. The van der Waals surface area contributed by atoms with E-state index >= 15 is 0 Å². The van der Waals surface area contributed by atoms with E-state index in [-0.39, 0.29) is 11.1 Å². The van der Waals surface area contributed by atoms with Crippen molar-refractivity contribution in [1.29, 1.82) is 0 Å². The first-order chi connectivity index (χ1) is 16.3. The van der Waals surface area contributed by atoms with Crippen LogP contribution in [0, 0.1) is 12.0 Å². The topological polar surface area (TPSA) is 97.2 Å². The second kappa shape index (κ2) is 9.16. The minimum absolute atomic E-state index is 0.0433. The molecule has 0 aliphatic carbocycles. The van der Waals surface area contributed by atoms with Gasteiger partial charge in [0, 0.05) is 46.9 Å². The summed E-state index contributed by atoms with van der Waals surface area (Å²) in [5.41, 5.74) is 4.36. The molecule has 1 aromatic carbocycles. The fraction of sp³-hybridized carbons (Fsp3) is 0.192. The van der Waals surface area contributed by atoms with E-state index in [1.54, 1.807) is 31.6 Å². The number of ether oxygens (including phenoxy) is 1. The highest BCUT2D eigenvalue weighted by Crippen LogP contribution is 2.33. The van der Waals surface area contributed by atoms with Gasteiger partial charge in [-0.15, -0.1) is 0 Å². The number of aromatic nitrogens is 4. The van der Waals surface area contributed by atoms with Gasteiger partial charge in [-0.3, -0.25) is 4.79 Å². The Kier molecular flexibility index (Phi) is 6.11. The molecule has 2 N–H and O–H groups in total. The summed E-state index contributed by atoms with van der Waals surface area (Å²) in [5, 5.41) is 3.74. The molecule has 0 aliphatic rings. The lowest BCUT2D eigenvalue weighted by Crippen LogP contribution is -2.15. The molecule has 4 aromatic rings. The summed E-state index contributed by atoms with van der Waals surface area (Å²) in [5.74, 6) is 0.108. The molecular weight excluding hydrogens is 428 g/mol. The molecule has 0 aliphatic heterocycles. The van der Waals surface area contributed by atoms with Crippen molar-refractivity contribution < 1.29 is 9.53 Å². The summed E-state index contributed by atoms with van der Waals surface area (Å²) in [7, 11) is 1.57. The number of rotatable bonds is 5. The first-order valence-corrected chi connectivity index (χ1v) is 10.6. The fourth-order valence-electron chi connectivity index (χ4n) is 3.53. The van der Waals surface area contributed by atoms with Gasteiger partial charge in [0.2, 0.25) is 5.70 Å². The highest BCUT2D eigenvalue weighted by atomic mass is 16.5. The highest BCUT2D eigenvalue weighted by Gasteiger charge is 2.17. The lowest BCUT2D eigenvalue weighted by atomic mass is 9.95. The van der Waals surface area contributed by atoms with Crippen LogP contribution in [0.5, 0.6) is 5.75 Å². The third-order valence-corrected chi connectivity index (χ3v) is 5.05. The van der Waals surface area contributed by atoms with Gasteiger partial charge in [0.05, 0.1) is 19.4 Å². The lowest BCUT2D eigenvalue weighted by Gasteiger charge is -2.14. The zero-order valence-corrected chi connectivity index (χ0v) is 19.4. The number of H-pyrrole nitrogens is 1. The first-order valence-electron chi connectivity index (χ1n) is 10.6. The van der Waals surface area contributed by atoms with Crippen molar-refractivity contribution in [3.8, 4) is 28.1 Å². The van der Waals surface area contributed by atoms with Crippen molar-refractivity contribution in [2.24, 2.45) is 5.41 Å². The van der Waals surface area contributed by atoms with Crippen LogP contribution in [0.1, 0.15) is 20.8 Å². The monoisotopic (exact) mass is 452 g/mol. The van der Waals surface area contributed by atoms with Crippen LogP contribution in [-0.4, -0.2) is 33.0 Å². The number of nitrogens with zero attached hydrogens (tertiary/aromatic N) is 4. The molecule has 8 heteroatoms. The van der Waals surface area contributed by atoms with Crippen molar-refractivity contribution in [3.63, 3.8) is 0 Å². The fourth-order valence-corrected chi connectivity index (χ4v) is 3.53. The van der Waals surface area contributed by atoms with E-state index in [9.17, 15) is 4.79 Å². The molecule has 3 aromatic heterocycles. The normalized spacial score (nSPS) is 11.8. The van der Waals surface area contributed by atoms with Crippen LogP contribution in [-0.2, 0) is 4.79 Å². The standard InChI is InChI=1S/C26H24N6O2/c1-26(2,3)12-23(27-4)25(33)32-18-8-16(9-19(11-18)34-5)17-10-20-21(14-30-24(20)29-13-17)22-6-7-28-15-31-22/h6-15H,1-3,5H3,(H,29,30)(H,32,33)/b23-12+. The number of pyridine rings is 1. The van der Waals surface area contributed by atoms with Gasteiger partial charge in [-0.05, 0) is 35.2 Å². The van der Waals surface area contributed by atoms with Crippen LogP contribution in [0.3, 0.4) is 0 Å². The smallest absolute Gasteiger partial charge is 0.254 e. The molecule has 0 saturated carbocycles. The summed E-state index contributed by atoms with van der Waals surface area (Å²) in [6.45, 7) is 13.2. The van der Waals surface area contributed by atoms with Crippen molar-refractivity contribution in [2.75, 3.05) is 12.4 Å². The van der Waals surface area contributed by atoms with Crippen LogP contribution in [0.15, 0.2) is 67.0 Å². The van der Waals surface area contributed by atoms with Crippen LogP contribution in [0.25, 0.3) is 38.3 Å². The summed E-state index contributed by atoms with van der Waals surface area (Å²) in [4.78, 5) is 32.2. The van der Waals surface area contributed by atoms with E-state index in [1.165, 1.54) is 6.33 Å². The van der Waals surface area contributed by atoms with Crippen LogP contribution in [0.2, 0.25) is 0 Å². The SMILES string of the molecule is [C-]#[N+]/C(=C/C(C)(C)C)C(=O)Nc1cc(OC)cc(-c2cnc3[nH]cc(-c4ccncn4)c3c2)c1. The van der Waals surface area contributed by atoms with Crippen molar-refractivity contribution in [2.45, 2.75) is 20.8 Å². The number of carbonyl (C=O) groups excluding carboxylic acids is 1. The van der Waals surface area contributed by atoms with E-state index in [1.807, 2.05) is 51.2 Å². The van der Waals surface area contributed by atoms with Gasteiger partial charge in [0.1, 0.15) is 17.7 Å². The zero-order chi connectivity index (χ0) is 24.3. The number of aromatic amines is 1. The Balaban J connectivity index is 1.73. The largest absolute Gasteiger partial charge is 0.497 e. The Hall–Kier alpha value is -4.51. The minimum atomic E-state index is -0.464. The maximum atomic E-state index is 12.7. The van der Waals surface area contributed by atoms with Gasteiger partial charge in [0.15, 0.2) is 0 Å². The number of carbonyl (C=O) groups is 1. The van der Waals surface area contributed by atoms with Gasteiger partial charge < -0.3 is 15.0 Å². The van der Waals surface area contributed by atoms with E-state index in [0.29, 0.717) is 11.4 Å². The summed E-state index contributed by atoms with van der Waals surface area (Å²) in [6.07, 6.45) is 8.49. The zero-order valence-electron chi connectivity index (χ0n) is 19.4. The number of allylic oxidation sites excluding steroid dienone is 1. The Morgan fingerprint density at radius 2 is 2.00 bits per heavy atom. The maximum absolute atomic E-state index is 12.7. The Morgan fingerprint density at radius 3 is 2.68 bits per heavy atom. The van der Waals surface area contributed by atoms with Crippen LogP contribution < -0.4 is 10.1 Å². The predicted octanol–water partition coefficient (Wildman–Crippen LogP) is 5.48. The number of hydrogen-bond acceptors (Lipinski definition) is 5. The van der Waals surface area contributed by atoms with E-state index in [2.05, 4.69) is 30.1 Å². The lowest BCUT2D eigenvalue weighted by molar-refractivity contribution is -0.112. The summed E-state index contributed by atoms with van der Waals surface area (Å²) in [6, 6.07) is 9.28. The molecule has 0 spiro atoms. The summed E-state index contributed by atoms with van der Waals surface area (Å²) >= 11 is 0. The number of fused-ring (bicyclic) bond motifs is 1. The summed E-state index contributed by atoms with van der Waals surface area (Å²) < 4.78 is 5.46. The van der Waals surface area contributed by atoms with Crippen molar-refractivity contribution in [3.05, 3.63) is 78.4 Å². The second-order valence-corrected chi connectivity index (χ2v) is 8.83. The number of nitrogens with one attached hydrogen (secondary N) is 2. The maximum Gasteiger partial charge on any atom is 0.254 e. The van der Waals surface area contributed by atoms with E-state index < -0.39 is 5.91 Å². The number of methoxy groups -OCH3 is 1. The minimum Gasteiger partial charge on any atom is -0.497 e. The molecule has 170 valence electrons. The molecule has 0 unspecified atom stereocenters. The van der Waals surface area contributed by atoms with Gasteiger partial charge >= 0.3 is 0 Å². The number of amides is 1. The molecule has 4 rings (SSSR count). The molecule has 3 heterocycles. The average molecular weight is 453 g/mol. The van der Waals surface area contributed by atoms with E-state index in [0.717, 1.165) is 33.4 Å². The Labute approximate surface area is 197 Å². The first kappa shape index (κ1) is 22.7. The molecule has 0 bridgehead atoms. The van der Waals surface area contributed by atoms with Gasteiger partial charge in [-0.1, -0.05) is 26.8 Å². The third-order valence-electron chi connectivity index (χ3n) is 5.05.